The molecule has 2 aliphatic rings. The topological polar surface area (TPSA) is 15.3 Å². The number of rotatable bonds is 7. The monoisotopic (exact) mass is 250 g/mol. The molecule has 2 aliphatic carbocycles. The second-order valence-corrected chi connectivity index (χ2v) is 5.56. The Balaban J connectivity index is 1.71. The summed E-state index contributed by atoms with van der Waals surface area (Å²) in [6.07, 6.45) is 0.243. The zero-order valence-electron chi connectivity index (χ0n) is 10.3. The van der Waals surface area contributed by atoms with E-state index in [2.05, 4.69) is 5.32 Å². The van der Waals surface area contributed by atoms with E-state index in [9.17, 15) is 13.2 Å². The lowest BCUT2D eigenvalue weighted by Crippen LogP contribution is -2.40. The molecule has 0 amide bonds. The molecule has 2 rings (SSSR count). The molecule has 0 bridgehead atoms. The van der Waals surface area contributed by atoms with E-state index in [1.165, 1.54) is 12.8 Å². The predicted molar refractivity (Wildman–Crippen MR) is 60.8 cm³/mol. The third-order valence-corrected chi connectivity index (χ3v) is 3.32. The van der Waals surface area contributed by atoms with Crippen molar-refractivity contribution in [3.8, 4) is 0 Å². The van der Waals surface area contributed by atoms with E-state index < -0.39 is 12.7 Å². The van der Waals surface area contributed by atoms with Crippen LogP contribution in [0.5, 0.6) is 0 Å². The van der Waals surface area contributed by atoms with Crippen molar-refractivity contribution in [3.05, 3.63) is 0 Å². The number of hydrogen-bond donors (Lipinski definition) is 1. The third kappa shape index (κ3) is 5.25. The van der Waals surface area contributed by atoms with E-state index in [1.54, 1.807) is 4.90 Å². The molecule has 0 saturated heterocycles. The van der Waals surface area contributed by atoms with Gasteiger partial charge in [0.1, 0.15) is 0 Å². The quantitative estimate of drug-likeness (QED) is 0.746. The summed E-state index contributed by atoms with van der Waals surface area (Å²) in [5.41, 5.74) is 0. The average molecular weight is 250 g/mol. The summed E-state index contributed by atoms with van der Waals surface area (Å²) in [4.78, 5) is 1.61. The fourth-order valence-corrected chi connectivity index (χ4v) is 2.13. The van der Waals surface area contributed by atoms with Crippen molar-refractivity contribution in [2.75, 3.05) is 19.6 Å². The lowest BCUT2D eigenvalue weighted by atomic mass is 10.1. The minimum atomic E-state index is -4.06. The predicted octanol–water partition coefficient (Wildman–Crippen LogP) is 2.40. The van der Waals surface area contributed by atoms with Crippen LogP contribution in [0.15, 0.2) is 0 Å². The molecule has 1 unspecified atom stereocenters. The number of halogens is 3. The van der Waals surface area contributed by atoms with Crippen molar-refractivity contribution < 1.29 is 13.2 Å². The number of hydrogen-bond acceptors (Lipinski definition) is 2. The average Bonchev–Trinajstić information content (AvgIpc) is 3.04. The summed E-state index contributed by atoms with van der Waals surface area (Å²) in [5, 5.41) is 3.38. The Morgan fingerprint density at radius 1 is 1.24 bits per heavy atom. The van der Waals surface area contributed by atoms with Crippen molar-refractivity contribution in [1.29, 1.82) is 0 Å². The normalized spacial score (nSPS) is 23.1. The summed E-state index contributed by atoms with van der Waals surface area (Å²) >= 11 is 0. The van der Waals surface area contributed by atoms with Crippen molar-refractivity contribution >= 4 is 0 Å². The summed E-state index contributed by atoms with van der Waals surface area (Å²) < 4.78 is 37.2. The molecule has 100 valence electrons. The molecule has 5 heteroatoms. The van der Waals surface area contributed by atoms with Crippen molar-refractivity contribution in [2.24, 2.45) is 5.92 Å². The maximum atomic E-state index is 12.4. The molecule has 1 atom stereocenters. The van der Waals surface area contributed by atoms with Crippen LogP contribution in [0.3, 0.4) is 0 Å². The molecule has 2 nitrogen and oxygen atoms in total. The molecular weight excluding hydrogens is 229 g/mol. The molecular formula is C12H21F3N2. The van der Waals surface area contributed by atoms with E-state index in [4.69, 9.17) is 0 Å². The van der Waals surface area contributed by atoms with Crippen molar-refractivity contribution in [2.45, 2.75) is 50.9 Å². The number of alkyl halides is 3. The Labute approximate surface area is 101 Å². The molecule has 0 aliphatic heterocycles. The molecule has 0 spiro atoms. The van der Waals surface area contributed by atoms with Crippen LogP contribution in [0.25, 0.3) is 0 Å². The van der Waals surface area contributed by atoms with Gasteiger partial charge in [0, 0.05) is 18.6 Å². The first-order chi connectivity index (χ1) is 7.94. The highest BCUT2D eigenvalue weighted by atomic mass is 19.4. The van der Waals surface area contributed by atoms with Gasteiger partial charge in [-0.1, -0.05) is 6.92 Å². The molecule has 17 heavy (non-hydrogen) atoms. The number of nitrogens with zero attached hydrogens (tertiary/aromatic N) is 1. The van der Waals surface area contributed by atoms with Gasteiger partial charge in [0.05, 0.1) is 6.54 Å². The van der Waals surface area contributed by atoms with E-state index in [-0.39, 0.29) is 6.04 Å². The van der Waals surface area contributed by atoms with Crippen LogP contribution in [-0.4, -0.2) is 42.8 Å². The highest BCUT2D eigenvalue weighted by Crippen LogP contribution is 2.30. The Morgan fingerprint density at radius 2 is 1.88 bits per heavy atom. The SMILES string of the molecule is CC(CNC1CC1)CN(CC(F)(F)F)C1CC1. The van der Waals surface area contributed by atoms with Gasteiger partial charge in [-0.3, -0.25) is 4.90 Å². The van der Waals surface area contributed by atoms with Gasteiger partial charge < -0.3 is 5.32 Å². The van der Waals surface area contributed by atoms with Crippen LogP contribution in [0.1, 0.15) is 32.6 Å². The van der Waals surface area contributed by atoms with Gasteiger partial charge in [-0.2, -0.15) is 13.2 Å². The highest BCUT2D eigenvalue weighted by molar-refractivity contribution is 4.87. The molecule has 0 aromatic heterocycles. The Morgan fingerprint density at radius 3 is 2.35 bits per heavy atom. The van der Waals surface area contributed by atoms with E-state index in [0.29, 0.717) is 18.5 Å². The minimum Gasteiger partial charge on any atom is -0.314 e. The summed E-state index contributed by atoms with van der Waals surface area (Å²) in [7, 11) is 0. The maximum absolute atomic E-state index is 12.4. The van der Waals surface area contributed by atoms with E-state index in [0.717, 1.165) is 19.4 Å². The summed E-state index contributed by atoms with van der Waals surface area (Å²) in [6, 6.07) is 0.814. The van der Waals surface area contributed by atoms with Gasteiger partial charge in [-0.15, -0.1) is 0 Å². The van der Waals surface area contributed by atoms with Crippen LogP contribution in [0.2, 0.25) is 0 Å². The Bertz CT molecular complexity index is 247. The minimum absolute atomic E-state index is 0.181. The van der Waals surface area contributed by atoms with Gasteiger partial charge in [0.15, 0.2) is 0 Å². The second kappa shape index (κ2) is 5.14. The first kappa shape index (κ1) is 13.1. The van der Waals surface area contributed by atoms with Crippen LogP contribution in [-0.2, 0) is 0 Å². The number of nitrogens with one attached hydrogen (secondary N) is 1. The van der Waals surface area contributed by atoms with Crippen LogP contribution in [0.4, 0.5) is 13.2 Å². The van der Waals surface area contributed by atoms with Gasteiger partial charge in [-0.05, 0) is 38.1 Å². The molecule has 2 saturated carbocycles. The van der Waals surface area contributed by atoms with Gasteiger partial charge >= 0.3 is 6.18 Å². The Hall–Kier alpha value is -0.290. The molecule has 2 fully saturated rings. The fourth-order valence-electron chi connectivity index (χ4n) is 2.13. The zero-order chi connectivity index (χ0) is 12.5. The lowest BCUT2D eigenvalue weighted by Gasteiger charge is -2.26. The zero-order valence-corrected chi connectivity index (χ0v) is 10.3. The van der Waals surface area contributed by atoms with Crippen LogP contribution < -0.4 is 5.32 Å². The third-order valence-electron chi connectivity index (χ3n) is 3.32. The molecule has 0 aromatic carbocycles. The van der Waals surface area contributed by atoms with Gasteiger partial charge in [-0.25, -0.2) is 0 Å². The smallest absolute Gasteiger partial charge is 0.314 e. The van der Waals surface area contributed by atoms with Crippen LogP contribution >= 0.6 is 0 Å². The lowest BCUT2D eigenvalue weighted by molar-refractivity contribution is -0.148. The van der Waals surface area contributed by atoms with Crippen molar-refractivity contribution in [3.63, 3.8) is 0 Å². The second-order valence-electron chi connectivity index (χ2n) is 5.56. The standard InChI is InChI=1S/C12H21F3N2/c1-9(6-16-10-2-3-10)7-17(11-4-5-11)8-12(13,14)15/h9-11,16H,2-8H2,1H3. The summed E-state index contributed by atoms with van der Waals surface area (Å²) in [5.74, 6) is 0.290. The maximum Gasteiger partial charge on any atom is 0.401 e. The first-order valence-electron chi connectivity index (χ1n) is 6.48. The van der Waals surface area contributed by atoms with Crippen molar-refractivity contribution in [1.82, 2.24) is 10.2 Å². The Kier molecular flexibility index (Phi) is 3.98. The van der Waals surface area contributed by atoms with E-state index >= 15 is 0 Å². The first-order valence-corrected chi connectivity index (χ1v) is 6.48. The molecule has 0 aromatic rings. The largest absolute Gasteiger partial charge is 0.401 e. The molecule has 0 heterocycles. The van der Waals surface area contributed by atoms with Gasteiger partial charge in [0.2, 0.25) is 0 Å². The molecule has 1 N–H and O–H groups in total. The molecule has 0 radical (unpaired) electrons. The van der Waals surface area contributed by atoms with Crippen LogP contribution in [0, 0.1) is 5.92 Å². The highest BCUT2D eigenvalue weighted by Gasteiger charge is 2.38. The summed E-state index contributed by atoms with van der Waals surface area (Å²) in [6.45, 7) is 2.68. The van der Waals surface area contributed by atoms with E-state index in [1.807, 2.05) is 6.92 Å². The van der Waals surface area contributed by atoms with Gasteiger partial charge in [0.25, 0.3) is 0 Å². The fraction of sp³-hybridized carbons (Fsp3) is 1.00.